The second-order valence-corrected chi connectivity index (χ2v) is 22.9. The molecule has 15 nitrogen and oxygen atoms in total. The van der Waals surface area contributed by atoms with Gasteiger partial charge in [0.1, 0.15) is 47.8 Å². The predicted octanol–water partition coefficient (Wildman–Crippen LogP) is 3.82. The van der Waals surface area contributed by atoms with E-state index in [1.165, 1.54) is 17.7 Å². The number of hydrogen-bond donors (Lipinski definition) is 8. The number of aryl methyl sites for hydroxylation is 1. The molecule has 0 radical (unpaired) electrons. The third-order valence-electron chi connectivity index (χ3n) is 18.6. The van der Waals surface area contributed by atoms with Crippen molar-refractivity contribution in [3.05, 3.63) is 41.5 Å². The van der Waals surface area contributed by atoms with E-state index in [1.807, 2.05) is 0 Å². The number of ether oxygens (including phenoxy) is 5. The van der Waals surface area contributed by atoms with Crippen molar-refractivity contribution < 1.29 is 74.1 Å². The van der Waals surface area contributed by atoms with Crippen LogP contribution < -0.4 is 0 Å². The van der Waals surface area contributed by atoms with Crippen molar-refractivity contribution >= 4 is 11.9 Å². The summed E-state index contributed by atoms with van der Waals surface area (Å²) in [5.41, 5.74) is -0.615. The quantitative estimate of drug-likeness (QED) is 0.130. The van der Waals surface area contributed by atoms with Gasteiger partial charge in [-0.15, -0.1) is 0 Å². The Hall–Kier alpha value is -2.70. The first-order valence-electron chi connectivity index (χ1n) is 23.9. The van der Waals surface area contributed by atoms with E-state index in [1.54, 1.807) is 12.1 Å². The van der Waals surface area contributed by atoms with E-state index < -0.39 is 103 Å². The third kappa shape index (κ3) is 7.99. The summed E-state index contributed by atoms with van der Waals surface area (Å²) in [5.74, 6) is -1.21. The Morgan fingerprint density at radius 1 is 0.769 bits per heavy atom. The van der Waals surface area contributed by atoms with Crippen molar-refractivity contribution in [3.63, 3.8) is 0 Å². The molecule has 2 heterocycles. The Balaban J connectivity index is 1.11. The summed E-state index contributed by atoms with van der Waals surface area (Å²) in [7, 11) is 0. The average Bonchev–Trinajstić information content (AvgIpc) is 3.24. The molecule has 15 heteroatoms. The van der Waals surface area contributed by atoms with Gasteiger partial charge in [0.25, 0.3) is 0 Å². The first kappa shape index (κ1) is 48.7. The van der Waals surface area contributed by atoms with Crippen LogP contribution in [0.4, 0.5) is 0 Å². The summed E-state index contributed by atoms with van der Waals surface area (Å²) < 4.78 is 30.0. The lowest BCUT2D eigenvalue weighted by molar-refractivity contribution is -0.347. The van der Waals surface area contributed by atoms with Crippen LogP contribution in [-0.2, 0) is 39.7 Å². The maximum absolute atomic E-state index is 15.4. The number of aliphatic hydroxyl groups is 7. The molecular formula is C50H74O15. The number of aliphatic hydroxyl groups excluding tert-OH is 7. The highest BCUT2D eigenvalue weighted by molar-refractivity contribution is 5.80. The molecule has 0 aromatic heterocycles. The van der Waals surface area contributed by atoms with Crippen molar-refractivity contribution in [3.8, 4) is 5.75 Å². The molecule has 65 heavy (non-hydrogen) atoms. The second-order valence-electron chi connectivity index (χ2n) is 22.9. The average molecular weight is 915 g/mol. The Kier molecular flexibility index (Phi) is 13.0. The Morgan fingerprint density at radius 2 is 1.48 bits per heavy atom. The summed E-state index contributed by atoms with van der Waals surface area (Å²) >= 11 is 0. The summed E-state index contributed by atoms with van der Waals surface area (Å²) in [6.07, 6.45) is -7.64. The number of benzene rings is 1. The molecule has 1 aromatic rings. The van der Waals surface area contributed by atoms with Crippen LogP contribution in [0, 0.1) is 50.2 Å². The second kappa shape index (κ2) is 17.4. The lowest BCUT2D eigenvalue weighted by Crippen LogP contribution is -2.68. The van der Waals surface area contributed by atoms with E-state index in [0.717, 1.165) is 37.7 Å². The molecule has 18 atom stereocenters. The molecule has 8 N–H and O–H groups in total. The van der Waals surface area contributed by atoms with Crippen LogP contribution in [0.5, 0.6) is 5.75 Å². The number of hydrogen-bond acceptors (Lipinski definition) is 15. The zero-order valence-corrected chi connectivity index (χ0v) is 39.1. The van der Waals surface area contributed by atoms with Gasteiger partial charge < -0.3 is 64.5 Å². The van der Waals surface area contributed by atoms with E-state index in [4.69, 9.17) is 23.7 Å². The fourth-order valence-corrected chi connectivity index (χ4v) is 14.5. The first-order chi connectivity index (χ1) is 30.4. The van der Waals surface area contributed by atoms with Crippen molar-refractivity contribution in [2.45, 2.75) is 187 Å². The Bertz CT molecular complexity index is 1950. The molecule has 0 amide bonds. The fourth-order valence-electron chi connectivity index (χ4n) is 14.5. The standard InChI is InChI=1S/C50H74O15/c1-45(2)20-21-50(29(22-45)28-13-14-33-47(5)18-17-34(54)46(3,4)32(47)16-19-48(33,6)49(28,7)23-35(50)55)44(60)65-43-41(63-36(56)15-10-26-8-11-27(52)12-9-26)40(30(53)25-61-43)64-42-39(59)38(58)37(57)31(24-51)62-42/h8-9,11-13,29-35,37-43,51-55,57-59H,10,14-25H2,1-7H3. The van der Waals surface area contributed by atoms with Crippen molar-refractivity contribution in [2.75, 3.05) is 13.2 Å². The Morgan fingerprint density at radius 3 is 2.17 bits per heavy atom. The molecular weight excluding hydrogens is 841 g/mol. The number of fused-ring (bicyclic) bond motifs is 7. The smallest absolute Gasteiger partial charge is 0.317 e. The molecule has 6 fully saturated rings. The number of phenols is 1. The molecule has 5 aliphatic carbocycles. The Labute approximate surface area is 382 Å². The van der Waals surface area contributed by atoms with Crippen molar-refractivity contribution in [1.82, 2.24) is 0 Å². The molecule has 0 bridgehead atoms. The molecule has 2 saturated heterocycles. The molecule has 18 unspecified atom stereocenters. The van der Waals surface area contributed by atoms with Crippen LogP contribution in [0.1, 0.15) is 118 Å². The van der Waals surface area contributed by atoms with Gasteiger partial charge in [-0.05, 0) is 127 Å². The molecule has 364 valence electrons. The lowest BCUT2D eigenvalue weighted by Gasteiger charge is -2.71. The number of phenolic OH excluding ortho intramolecular Hbond substituents is 1. The largest absolute Gasteiger partial charge is 0.508 e. The van der Waals surface area contributed by atoms with Gasteiger partial charge in [0, 0.05) is 6.42 Å². The van der Waals surface area contributed by atoms with Crippen LogP contribution in [0.2, 0.25) is 0 Å². The van der Waals surface area contributed by atoms with Gasteiger partial charge in [0.2, 0.25) is 6.29 Å². The minimum Gasteiger partial charge on any atom is -0.508 e. The van der Waals surface area contributed by atoms with Gasteiger partial charge >= 0.3 is 11.9 Å². The molecule has 4 saturated carbocycles. The number of carbonyl (C=O) groups is 2. The van der Waals surface area contributed by atoms with E-state index in [9.17, 15) is 45.6 Å². The van der Waals surface area contributed by atoms with E-state index in [2.05, 4.69) is 54.5 Å². The summed E-state index contributed by atoms with van der Waals surface area (Å²) in [6.45, 7) is 14.7. The van der Waals surface area contributed by atoms with Crippen molar-refractivity contribution in [2.24, 2.45) is 50.2 Å². The topological polar surface area (TPSA) is 242 Å². The SMILES string of the molecule is CC1(C)CCC2(C(=O)OC3OCC(O)C(OC4OC(CO)C(O)C(O)C4O)C3OC(=O)CCc3ccc(O)cc3)C(O)CC3(C)C(=CCC4C5(C)CCC(O)C(C)(C)C5CCC43C)C2C1. The highest BCUT2D eigenvalue weighted by Gasteiger charge is 2.72. The van der Waals surface area contributed by atoms with Gasteiger partial charge in [-0.3, -0.25) is 9.59 Å². The van der Waals surface area contributed by atoms with E-state index >= 15 is 4.79 Å². The predicted molar refractivity (Wildman–Crippen MR) is 233 cm³/mol. The maximum Gasteiger partial charge on any atom is 0.317 e. The highest BCUT2D eigenvalue weighted by Crippen LogP contribution is 2.76. The molecule has 7 aliphatic rings. The number of allylic oxidation sites excluding steroid dienone is 2. The van der Waals surface area contributed by atoms with Crippen molar-refractivity contribution in [1.29, 1.82) is 0 Å². The van der Waals surface area contributed by atoms with Crippen LogP contribution in [0.15, 0.2) is 35.9 Å². The monoisotopic (exact) mass is 915 g/mol. The summed E-state index contributed by atoms with van der Waals surface area (Å²) in [4.78, 5) is 29.0. The van der Waals surface area contributed by atoms with Crippen LogP contribution >= 0.6 is 0 Å². The normalized spacial score (nSPS) is 46.6. The maximum atomic E-state index is 15.4. The molecule has 0 spiro atoms. The zero-order chi connectivity index (χ0) is 47.2. The molecule has 1 aromatic carbocycles. The fraction of sp³-hybridized carbons (Fsp3) is 0.800. The van der Waals surface area contributed by atoms with Gasteiger partial charge in [0.05, 0.1) is 25.4 Å². The van der Waals surface area contributed by atoms with Gasteiger partial charge in [-0.25, -0.2) is 0 Å². The number of aromatic hydroxyl groups is 1. The highest BCUT2D eigenvalue weighted by atomic mass is 16.8. The van der Waals surface area contributed by atoms with Gasteiger partial charge in [-0.2, -0.15) is 0 Å². The number of rotatable bonds is 9. The third-order valence-corrected chi connectivity index (χ3v) is 18.6. The summed E-state index contributed by atoms with van der Waals surface area (Å²) in [5, 5.41) is 86.9. The number of esters is 2. The summed E-state index contributed by atoms with van der Waals surface area (Å²) in [6, 6.07) is 6.29. The van der Waals surface area contributed by atoms with Crippen LogP contribution in [0.25, 0.3) is 0 Å². The zero-order valence-electron chi connectivity index (χ0n) is 39.1. The first-order valence-corrected chi connectivity index (χ1v) is 23.9. The minimum atomic E-state index is -1.86. The van der Waals surface area contributed by atoms with Gasteiger partial charge in [-0.1, -0.05) is 72.2 Å². The van der Waals surface area contributed by atoms with E-state index in [0.29, 0.717) is 37.5 Å². The lowest BCUT2D eigenvalue weighted by atomic mass is 9.33. The number of carbonyl (C=O) groups excluding carboxylic acids is 2. The van der Waals surface area contributed by atoms with Gasteiger partial charge in [0.15, 0.2) is 12.4 Å². The van der Waals surface area contributed by atoms with E-state index in [-0.39, 0.29) is 46.4 Å². The molecule has 2 aliphatic heterocycles. The van der Waals surface area contributed by atoms with Crippen LogP contribution in [-0.4, -0.2) is 134 Å². The minimum absolute atomic E-state index is 0.0291. The van der Waals surface area contributed by atoms with Crippen LogP contribution in [0.3, 0.4) is 0 Å². The molecule has 8 rings (SSSR count).